The minimum atomic E-state index is -1.60. The average Bonchev–Trinajstić information content (AvgIpc) is 1.92. The Labute approximate surface area is 124 Å². The molecule has 9 heteroatoms. The van der Waals surface area contributed by atoms with E-state index in [-0.39, 0.29) is 0 Å². The topological polar surface area (TPSA) is 51.5 Å². The molecule has 0 saturated carbocycles. The Kier molecular flexibility index (Phi) is 10.0. The van der Waals surface area contributed by atoms with Gasteiger partial charge in [-0.15, -0.1) is 0 Å². The number of nitriles is 1. The highest BCUT2D eigenvalue weighted by Gasteiger charge is 2.32. The predicted molar refractivity (Wildman–Crippen MR) is 91.6 cm³/mol. The Morgan fingerprint density at radius 1 is 0.737 bits per heavy atom. The van der Waals surface area contributed by atoms with Crippen LogP contribution < -0.4 is 0 Å². The Morgan fingerprint density at radius 2 is 0.895 bits per heavy atom. The maximum absolute atomic E-state index is 7.10. The Hall–Kier alpha value is 0.516. The summed E-state index contributed by atoms with van der Waals surface area (Å²) in [6.07, 6.45) is 0. The van der Waals surface area contributed by atoms with E-state index in [1.165, 1.54) is 5.97 Å². The summed E-state index contributed by atoms with van der Waals surface area (Å²) >= 11 is 0. The van der Waals surface area contributed by atoms with Crippen molar-refractivity contribution in [2.75, 3.05) is 0 Å². The lowest BCUT2D eigenvalue weighted by molar-refractivity contribution is 0.383. The molecule has 0 amide bonds. The molecule has 0 aliphatic rings. The van der Waals surface area contributed by atoms with Gasteiger partial charge in [0.05, 0.1) is 0 Å². The van der Waals surface area contributed by atoms with Crippen LogP contribution in [0.15, 0.2) is 0 Å². The molecule has 0 fully saturated rings. The molecule has 0 aliphatic heterocycles. The summed E-state index contributed by atoms with van der Waals surface area (Å²) in [5.41, 5.74) is 0. The first-order valence-electron chi connectivity index (χ1n) is 6.17. The Bertz CT molecular complexity index is 256. The lowest BCUT2D eigenvalue weighted by atomic mass is 10.2. The lowest BCUT2D eigenvalue weighted by Gasteiger charge is -2.32. The molecule has 0 aromatic heterocycles. The molecule has 19 heavy (non-hydrogen) atoms. The molecule has 0 saturated heterocycles. The van der Waals surface area contributed by atoms with Crippen molar-refractivity contribution in [3.05, 3.63) is 0 Å². The Balaban J connectivity index is 0. The van der Waals surface area contributed by atoms with Crippen molar-refractivity contribution in [3.8, 4) is 5.97 Å². The van der Waals surface area contributed by atoms with Crippen LogP contribution in [0.3, 0.4) is 0 Å². The molecule has 2 radical (unpaired) electrons. The van der Waals surface area contributed by atoms with Crippen LogP contribution in [0.2, 0.25) is 58.9 Å². The van der Waals surface area contributed by atoms with Gasteiger partial charge in [-0.3, -0.25) is 0 Å². The number of rotatable bonds is 6. The van der Waals surface area contributed by atoms with E-state index in [1.54, 1.807) is 0 Å². The van der Waals surface area contributed by atoms with E-state index >= 15 is 0 Å². The van der Waals surface area contributed by atoms with E-state index in [4.69, 9.17) is 17.9 Å². The van der Waals surface area contributed by atoms with E-state index < -0.39 is 33.6 Å². The first kappa shape index (κ1) is 21.8. The van der Waals surface area contributed by atoms with Gasteiger partial charge in [-0.05, 0) is 64.9 Å². The highest BCUT2D eigenvalue weighted by molar-refractivity contribution is 7.47. The molecule has 0 rings (SSSR count). The third-order valence-corrected chi connectivity index (χ3v) is 9.41. The van der Waals surface area contributed by atoms with E-state index in [1.807, 2.05) is 0 Å². The largest absolute Gasteiger partial charge is 0.356 e. The molecule has 0 aliphatic carbocycles. The minimum absolute atomic E-state index is 1.14. The second-order valence-corrected chi connectivity index (χ2v) is 22.3. The van der Waals surface area contributed by atoms with Gasteiger partial charge >= 0.3 is 0 Å². The van der Waals surface area contributed by atoms with Gasteiger partial charge in [-0.2, -0.15) is 0 Å². The van der Waals surface area contributed by atoms with Gasteiger partial charge in [-0.25, -0.2) is 5.26 Å². The van der Waals surface area contributed by atoms with Crippen LogP contribution in [0, 0.1) is 11.2 Å². The molecule has 0 bridgehead atoms. The predicted octanol–water partition coefficient (Wildman–Crippen LogP) is 4.40. The van der Waals surface area contributed by atoms with Crippen LogP contribution in [0.25, 0.3) is 0 Å². The summed E-state index contributed by atoms with van der Waals surface area (Å²) in [7, 11) is -1.78. The van der Waals surface area contributed by atoms with Crippen LogP contribution in [0.4, 0.5) is 0 Å². The fraction of sp³-hybridized carbons (Fsp3) is 0.900. The zero-order chi connectivity index (χ0) is 15.9. The smallest absolute Gasteiger partial charge is 0.300 e. The monoisotopic (exact) mass is 335 g/mol. The second kappa shape index (κ2) is 8.73. The van der Waals surface area contributed by atoms with Gasteiger partial charge in [0.15, 0.2) is 25.0 Å². The van der Waals surface area contributed by atoms with Crippen molar-refractivity contribution >= 4 is 41.4 Å². The summed E-state index contributed by atoms with van der Waals surface area (Å²) in [5, 5.41) is 7.10. The number of hydrogen-bond donors (Lipinski definition) is 0. The van der Waals surface area contributed by atoms with Crippen molar-refractivity contribution in [1.29, 1.82) is 5.26 Å². The molecule has 110 valence electrons. The van der Waals surface area contributed by atoms with Crippen LogP contribution >= 0.6 is 8.60 Å². The van der Waals surface area contributed by atoms with Gasteiger partial charge in [0, 0.05) is 0 Å². The lowest BCUT2D eigenvalue weighted by Crippen LogP contribution is -2.32. The van der Waals surface area contributed by atoms with Crippen molar-refractivity contribution in [3.63, 3.8) is 0 Å². The third-order valence-electron chi connectivity index (χ3n) is 1.05. The highest BCUT2D eigenvalue weighted by atomic mass is 31.2. The quantitative estimate of drug-likeness (QED) is 0.533. The third kappa shape index (κ3) is 21.0. The maximum Gasteiger partial charge on any atom is 0.300 e. The molecule has 0 aromatic carbocycles. The van der Waals surface area contributed by atoms with Crippen molar-refractivity contribution in [2.24, 2.45) is 0 Å². The SMILES string of the molecule is C[Si](C)(C)OP(O[Si](C)(C)C)O[Si](C)(C)C.[B]C#N. The summed E-state index contributed by atoms with van der Waals surface area (Å²) in [4.78, 5) is 0. The van der Waals surface area contributed by atoms with Crippen molar-refractivity contribution in [2.45, 2.75) is 58.9 Å². The average molecular weight is 335 g/mol. The molecule has 0 atom stereocenters. The Morgan fingerprint density at radius 3 is 1.00 bits per heavy atom. The van der Waals surface area contributed by atoms with Crippen molar-refractivity contribution < 1.29 is 12.6 Å². The van der Waals surface area contributed by atoms with Gasteiger partial charge in [-0.1, -0.05) is 0 Å². The molecule has 4 nitrogen and oxygen atoms in total. The van der Waals surface area contributed by atoms with Gasteiger partial charge in [0.1, 0.15) is 0 Å². The summed E-state index contributed by atoms with van der Waals surface area (Å²) in [6.45, 7) is 19.5. The van der Waals surface area contributed by atoms with Crippen LogP contribution in [-0.2, 0) is 12.6 Å². The first-order chi connectivity index (χ1) is 8.20. The van der Waals surface area contributed by atoms with Crippen molar-refractivity contribution in [1.82, 2.24) is 0 Å². The summed E-state index contributed by atoms with van der Waals surface area (Å²) in [6, 6.07) is 0. The zero-order valence-electron chi connectivity index (χ0n) is 13.7. The molecule has 0 unspecified atom stereocenters. The fourth-order valence-corrected chi connectivity index (χ4v) is 7.55. The van der Waals surface area contributed by atoms with Gasteiger partial charge < -0.3 is 12.6 Å². The zero-order valence-corrected chi connectivity index (χ0v) is 17.6. The molecule has 0 heterocycles. The second-order valence-electron chi connectivity index (χ2n) is 6.96. The standard InChI is InChI=1S/C9H27O3PSi3.CBN/c1-14(2,3)10-13(11-15(4,5)6)12-16(7,8)9;2-1-3/h1-9H3;. The van der Waals surface area contributed by atoms with Gasteiger partial charge in [0.25, 0.3) is 8.60 Å². The summed E-state index contributed by atoms with van der Waals surface area (Å²) < 4.78 is 18.1. The molecular weight excluding hydrogens is 308 g/mol. The molecule has 0 N–H and O–H groups in total. The number of hydrogen-bond acceptors (Lipinski definition) is 4. The van der Waals surface area contributed by atoms with E-state index in [0.717, 1.165) is 0 Å². The first-order valence-corrected chi connectivity index (χ1v) is 17.5. The van der Waals surface area contributed by atoms with Crippen LogP contribution in [0.1, 0.15) is 0 Å². The normalized spacial score (nSPS) is 12.7. The van der Waals surface area contributed by atoms with E-state index in [0.29, 0.717) is 0 Å². The van der Waals surface area contributed by atoms with E-state index in [9.17, 15) is 0 Å². The molecular formula is C10H27BNO3PSi3. The molecule has 0 aromatic rings. The van der Waals surface area contributed by atoms with Crippen LogP contribution in [-0.4, -0.2) is 32.8 Å². The summed E-state index contributed by atoms with van der Waals surface area (Å²) in [5.74, 6) is 1.25. The maximum atomic E-state index is 7.10. The number of nitrogens with zero attached hydrogens (tertiary/aromatic N) is 1. The van der Waals surface area contributed by atoms with Crippen LogP contribution in [0.5, 0.6) is 0 Å². The fourth-order valence-electron chi connectivity index (χ4n) is 0.727. The minimum Gasteiger partial charge on any atom is -0.356 e. The highest BCUT2D eigenvalue weighted by Crippen LogP contribution is 2.47. The van der Waals surface area contributed by atoms with Gasteiger partial charge in [0.2, 0.25) is 7.85 Å². The molecule has 0 spiro atoms. The van der Waals surface area contributed by atoms with E-state index in [2.05, 4.69) is 66.8 Å².